The number of rotatable bonds is 7. The number of hydrogen-bond donors (Lipinski definition) is 3. The lowest BCUT2D eigenvalue weighted by Gasteiger charge is -2.05. The summed E-state index contributed by atoms with van der Waals surface area (Å²) in [4.78, 5) is 0. The fraction of sp³-hybridized carbons (Fsp3) is 0.467. The van der Waals surface area contributed by atoms with Crippen molar-refractivity contribution in [3.63, 3.8) is 0 Å². The molecule has 114 valence electrons. The van der Waals surface area contributed by atoms with Crippen molar-refractivity contribution in [1.29, 1.82) is 0 Å². The van der Waals surface area contributed by atoms with Crippen molar-refractivity contribution in [3.8, 4) is 22.1 Å². The predicted octanol–water partition coefficient (Wildman–Crippen LogP) is 2.79. The van der Waals surface area contributed by atoms with Crippen molar-refractivity contribution >= 4 is 11.3 Å². The fourth-order valence-electron chi connectivity index (χ4n) is 1.95. The van der Waals surface area contributed by atoms with Crippen molar-refractivity contribution in [2.45, 2.75) is 26.7 Å². The third-order valence-electron chi connectivity index (χ3n) is 2.91. The highest BCUT2D eigenvalue weighted by Crippen LogP contribution is 2.30. The smallest absolute Gasteiger partial charge is 0.148 e. The van der Waals surface area contributed by atoms with Crippen LogP contribution < -0.4 is 5.32 Å². The van der Waals surface area contributed by atoms with Gasteiger partial charge >= 0.3 is 0 Å². The first-order chi connectivity index (χ1) is 10.0. The van der Waals surface area contributed by atoms with E-state index in [0.29, 0.717) is 16.5 Å². The minimum absolute atomic E-state index is 0.0274. The van der Waals surface area contributed by atoms with Crippen molar-refractivity contribution in [3.05, 3.63) is 23.2 Å². The van der Waals surface area contributed by atoms with E-state index in [0.717, 1.165) is 30.9 Å². The van der Waals surface area contributed by atoms with E-state index < -0.39 is 0 Å². The molecule has 2 aromatic rings. The highest BCUT2D eigenvalue weighted by Gasteiger charge is 2.09. The summed E-state index contributed by atoms with van der Waals surface area (Å²) < 4.78 is 0. The molecule has 0 aliphatic rings. The molecule has 0 aliphatic heterocycles. The van der Waals surface area contributed by atoms with Crippen LogP contribution in [0.2, 0.25) is 0 Å². The third kappa shape index (κ3) is 4.99. The first kappa shape index (κ1) is 15.7. The van der Waals surface area contributed by atoms with E-state index in [4.69, 9.17) is 0 Å². The fourth-order valence-corrected chi connectivity index (χ4v) is 2.81. The number of nitrogens with zero attached hydrogens (tertiary/aromatic N) is 2. The number of hydrogen-bond acceptors (Lipinski definition) is 6. The molecule has 0 radical (unpaired) electrons. The maximum atomic E-state index is 9.50. The number of nitrogens with one attached hydrogen (secondary N) is 1. The molecule has 2 rings (SSSR count). The van der Waals surface area contributed by atoms with E-state index in [2.05, 4.69) is 29.4 Å². The second kappa shape index (κ2) is 7.38. The maximum Gasteiger partial charge on any atom is 0.148 e. The third-order valence-corrected chi connectivity index (χ3v) is 3.95. The van der Waals surface area contributed by atoms with Gasteiger partial charge in [0.1, 0.15) is 21.5 Å². The highest BCUT2D eigenvalue weighted by molar-refractivity contribution is 7.14. The minimum atomic E-state index is 0.0274. The Balaban J connectivity index is 1.89. The Hall–Kier alpha value is -1.66. The van der Waals surface area contributed by atoms with Crippen LogP contribution in [0.3, 0.4) is 0 Å². The van der Waals surface area contributed by atoms with Gasteiger partial charge in [-0.25, -0.2) is 0 Å². The van der Waals surface area contributed by atoms with E-state index in [1.54, 1.807) is 12.1 Å². The molecule has 1 heterocycles. The standard InChI is InChI=1S/C15H21N3O2S/c1-10(2)9-16-5-3-4-14-17-18-15(21-14)11-6-12(19)8-13(20)7-11/h6-8,10,16,19-20H,3-5,9H2,1-2H3. The number of aromatic hydroxyl groups is 2. The zero-order valence-corrected chi connectivity index (χ0v) is 13.2. The summed E-state index contributed by atoms with van der Waals surface area (Å²) in [7, 11) is 0. The first-order valence-corrected chi connectivity index (χ1v) is 7.92. The van der Waals surface area contributed by atoms with E-state index >= 15 is 0 Å². The molecule has 1 aromatic heterocycles. The average Bonchev–Trinajstić information content (AvgIpc) is 2.85. The number of aromatic nitrogens is 2. The SMILES string of the molecule is CC(C)CNCCCc1nnc(-c2cc(O)cc(O)c2)s1. The number of phenolic OH excluding ortho intramolecular Hbond substituents is 2. The molecule has 5 nitrogen and oxygen atoms in total. The van der Waals surface area contributed by atoms with Gasteiger partial charge in [0, 0.05) is 18.1 Å². The molecule has 0 aliphatic carbocycles. The van der Waals surface area contributed by atoms with Gasteiger partial charge in [-0.1, -0.05) is 25.2 Å². The monoisotopic (exact) mass is 307 g/mol. The zero-order valence-electron chi connectivity index (χ0n) is 12.3. The Morgan fingerprint density at radius 3 is 2.52 bits per heavy atom. The number of aryl methyl sites for hydroxylation is 1. The van der Waals surface area contributed by atoms with Gasteiger partial charge in [0.05, 0.1) is 0 Å². The Kier molecular flexibility index (Phi) is 5.52. The molecule has 6 heteroatoms. The predicted molar refractivity (Wildman–Crippen MR) is 84.7 cm³/mol. The Labute approximate surface area is 128 Å². The Bertz CT molecular complexity index is 564. The van der Waals surface area contributed by atoms with Crippen LogP contribution in [0.5, 0.6) is 11.5 Å². The molecule has 0 bridgehead atoms. The van der Waals surface area contributed by atoms with Crippen LogP contribution in [0.1, 0.15) is 25.3 Å². The Morgan fingerprint density at radius 2 is 1.86 bits per heavy atom. The topological polar surface area (TPSA) is 78.3 Å². The maximum absolute atomic E-state index is 9.50. The summed E-state index contributed by atoms with van der Waals surface area (Å²) in [5, 5.41) is 32.4. The molecule has 0 saturated heterocycles. The van der Waals surface area contributed by atoms with Crippen molar-refractivity contribution in [2.75, 3.05) is 13.1 Å². The highest BCUT2D eigenvalue weighted by atomic mass is 32.1. The van der Waals surface area contributed by atoms with Crippen LogP contribution >= 0.6 is 11.3 Å². The lowest BCUT2D eigenvalue weighted by molar-refractivity contribution is 0.451. The van der Waals surface area contributed by atoms with Gasteiger partial charge < -0.3 is 15.5 Å². The van der Waals surface area contributed by atoms with Crippen molar-refractivity contribution in [2.24, 2.45) is 5.92 Å². The lowest BCUT2D eigenvalue weighted by atomic mass is 10.2. The molecule has 0 fully saturated rings. The molecule has 3 N–H and O–H groups in total. The molecular formula is C15H21N3O2S. The van der Waals surface area contributed by atoms with Gasteiger partial charge in [-0.3, -0.25) is 0 Å². The van der Waals surface area contributed by atoms with Crippen molar-refractivity contribution in [1.82, 2.24) is 15.5 Å². The second-order valence-corrected chi connectivity index (χ2v) is 6.50. The van der Waals surface area contributed by atoms with E-state index in [9.17, 15) is 10.2 Å². The summed E-state index contributed by atoms with van der Waals surface area (Å²) >= 11 is 1.50. The summed E-state index contributed by atoms with van der Waals surface area (Å²) in [5.74, 6) is 0.718. The molecule has 0 atom stereocenters. The number of benzene rings is 1. The van der Waals surface area contributed by atoms with Crippen LogP contribution in [0, 0.1) is 5.92 Å². The second-order valence-electron chi connectivity index (χ2n) is 5.44. The van der Waals surface area contributed by atoms with Crippen LogP contribution in [0.15, 0.2) is 18.2 Å². The number of phenols is 2. The largest absolute Gasteiger partial charge is 0.508 e. The molecular weight excluding hydrogens is 286 g/mol. The molecule has 1 aromatic carbocycles. The molecule has 0 spiro atoms. The van der Waals surface area contributed by atoms with Gasteiger partial charge in [0.2, 0.25) is 0 Å². The summed E-state index contributed by atoms with van der Waals surface area (Å²) in [6, 6.07) is 4.45. The quantitative estimate of drug-likeness (QED) is 0.686. The molecule has 21 heavy (non-hydrogen) atoms. The van der Waals surface area contributed by atoms with E-state index in [-0.39, 0.29) is 11.5 Å². The molecule has 0 saturated carbocycles. The van der Waals surface area contributed by atoms with Gasteiger partial charge in [-0.2, -0.15) is 0 Å². The van der Waals surface area contributed by atoms with Crippen LogP contribution in [-0.4, -0.2) is 33.5 Å². The Morgan fingerprint density at radius 1 is 1.14 bits per heavy atom. The summed E-state index contributed by atoms with van der Waals surface area (Å²) in [6.45, 7) is 6.38. The van der Waals surface area contributed by atoms with Crippen molar-refractivity contribution < 1.29 is 10.2 Å². The van der Waals surface area contributed by atoms with Crippen LogP contribution in [0.4, 0.5) is 0 Å². The minimum Gasteiger partial charge on any atom is -0.508 e. The van der Waals surface area contributed by atoms with Gasteiger partial charge in [0.15, 0.2) is 0 Å². The molecule has 0 unspecified atom stereocenters. The normalized spacial score (nSPS) is 11.2. The average molecular weight is 307 g/mol. The molecule has 0 amide bonds. The lowest BCUT2D eigenvalue weighted by Crippen LogP contribution is -2.21. The van der Waals surface area contributed by atoms with E-state index in [1.165, 1.54) is 17.4 Å². The van der Waals surface area contributed by atoms with Crippen LogP contribution in [-0.2, 0) is 6.42 Å². The zero-order chi connectivity index (χ0) is 15.2. The van der Waals surface area contributed by atoms with Gasteiger partial charge in [0.25, 0.3) is 0 Å². The summed E-state index contributed by atoms with van der Waals surface area (Å²) in [5.41, 5.74) is 0.689. The van der Waals surface area contributed by atoms with E-state index in [1.807, 2.05) is 0 Å². The van der Waals surface area contributed by atoms with Gasteiger partial charge in [-0.15, -0.1) is 10.2 Å². The first-order valence-electron chi connectivity index (χ1n) is 7.11. The van der Waals surface area contributed by atoms with Gasteiger partial charge in [-0.05, 0) is 37.6 Å². The van der Waals surface area contributed by atoms with Crippen LogP contribution in [0.25, 0.3) is 10.6 Å². The summed E-state index contributed by atoms with van der Waals surface area (Å²) in [6.07, 6.45) is 1.90.